The van der Waals surface area contributed by atoms with Crippen LogP contribution in [0.15, 0.2) is 52.6 Å². The SMILES string of the molecule is CC(N)c1ccc(-c2c(CC(=O)O)ccc3[nH]c(=O)c4sccc4c23)cc1. The number of nitrogens with two attached hydrogens (primary N) is 1. The number of carboxylic acids is 1. The van der Waals surface area contributed by atoms with E-state index < -0.39 is 5.97 Å². The number of hydrogen-bond acceptors (Lipinski definition) is 4. The molecule has 0 aliphatic rings. The lowest BCUT2D eigenvalue weighted by Crippen LogP contribution is -2.07. The summed E-state index contributed by atoms with van der Waals surface area (Å²) in [6.45, 7) is 1.92. The first-order valence-electron chi connectivity index (χ1n) is 8.58. The van der Waals surface area contributed by atoms with Gasteiger partial charge in [0.05, 0.1) is 6.42 Å². The number of fused-ring (bicyclic) bond motifs is 3. The summed E-state index contributed by atoms with van der Waals surface area (Å²) in [5.74, 6) is -0.895. The van der Waals surface area contributed by atoms with Crippen LogP contribution in [0.4, 0.5) is 0 Å². The smallest absolute Gasteiger partial charge is 0.307 e. The highest BCUT2D eigenvalue weighted by Crippen LogP contribution is 2.37. The molecule has 27 heavy (non-hydrogen) atoms. The van der Waals surface area contributed by atoms with Gasteiger partial charge in [0.25, 0.3) is 5.56 Å². The summed E-state index contributed by atoms with van der Waals surface area (Å²) < 4.78 is 0.642. The molecule has 4 aromatic rings. The van der Waals surface area contributed by atoms with E-state index in [2.05, 4.69) is 4.98 Å². The summed E-state index contributed by atoms with van der Waals surface area (Å²) in [6.07, 6.45) is -0.0922. The zero-order valence-corrected chi connectivity index (χ0v) is 15.5. The molecule has 2 aromatic carbocycles. The minimum absolute atomic E-state index is 0.0787. The van der Waals surface area contributed by atoms with Crippen LogP contribution in [0, 0.1) is 0 Å². The number of benzene rings is 2. The number of nitrogens with one attached hydrogen (secondary N) is 1. The molecule has 2 aromatic heterocycles. The molecule has 1 atom stereocenters. The van der Waals surface area contributed by atoms with Crippen molar-refractivity contribution in [3.63, 3.8) is 0 Å². The van der Waals surface area contributed by atoms with Crippen LogP contribution in [0.1, 0.15) is 24.1 Å². The van der Waals surface area contributed by atoms with Crippen molar-refractivity contribution in [3.05, 3.63) is 69.3 Å². The fraction of sp³-hybridized carbons (Fsp3) is 0.143. The van der Waals surface area contributed by atoms with E-state index in [9.17, 15) is 14.7 Å². The van der Waals surface area contributed by atoms with Gasteiger partial charge in [-0.1, -0.05) is 30.3 Å². The van der Waals surface area contributed by atoms with E-state index in [1.54, 1.807) is 12.1 Å². The summed E-state index contributed by atoms with van der Waals surface area (Å²) >= 11 is 1.38. The van der Waals surface area contributed by atoms with E-state index in [0.29, 0.717) is 15.8 Å². The molecule has 0 bridgehead atoms. The van der Waals surface area contributed by atoms with Gasteiger partial charge in [-0.05, 0) is 46.7 Å². The number of H-pyrrole nitrogens is 1. The van der Waals surface area contributed by atoms with Gasteiger partial charge < -0.3 is 15.8 Å². The molecule has 4 N–H and O–H groups in total. The Bertz CT molecular complexity index is 1220. The minimum atomic E-state index is -0.895. The highest BCUT2D eigenvalue weighted by molar-refractivity contribution is 7.17. The summed E-state index contributed by atoms with van der Waals surface area (Å²) in [5, 5.41) is 13.0. The molecule has 1 unspecified atom stereocenters. The summed E-state index contributed by atoms with van der Waals surface area (Å²) in [7, 11) is 0. The fourth-order valence-electron chi connectivity index (χ4n) is 3.48. The maximum Gasteiger partial charge on any atom is 0.307 e. The number of hydrogen-bond donors (Lipinski definition) is 3. The molecular formula is C21H18N2O3S. The normalized spacial score (nSPS) is 12.5. The van der Waals surface area contributed by atoms with Crippen LogP contribution in [0.25, 0.3) is 32.1 Å². The third kappa shape index (κ3) is 3.03. The molecule has 0 saturated carbocycles. The molecule has 2 heterocycles. The Morgan fingerprint density at radius 3 is 2.59 bits per heavy atom. The molecule has 0 amide bonds. The molecule has 0 spiro atoms. The maximum atomic E-state index is 12.3. The van der Waals surface area contributed by atoms with Gasteiger partial charge in [-0.15, -0.1) is 11.3 Å². The molecule has 5 nitrogen and oxygen atoms in total. The highest BCUT2D eigenvalue weighted by atomic mass is 32.1. The average molecular weight is 378 g/mol. The van der Waals surface area contributed by atoms with Gasteiger partial charge in [0.1, 0.15) is 4.70 Å². The highest BCUT2D eigenvalue weighted by Gasteiger charge is 2.17. The second-order valence-corrected chi connectivity index (χ2v) is 7.54. The molecule has 136 valence electrons. The van der Waals surface area contributed by atoms with Gasteiger partial charge in [0.2, 0.25) is 0 Å². The Kier molecular flexibility index (Phi) is 4.30. The van der Waals surface area contributed by atoms with Crippen molar-refractivity contribution < 1.29 is 9.90 Å². The Balaban J connectivity index is 2.09. The van der Waals surface area contributed by atoms with Crippen molar-refractivity contribution >= 4 is 38.3 Å². The predicted octanol–water partition coefficient (Wildman–Crippen LogP) is 4.06. The van der Waals surface area contributed by atoms with Gasteiger partial charge in [-0.25, -0.2) is 0 Å². The van der Waals surface area contributed by atoms with Crippen LogP contribution in [0.3, 0.4) is 0 Å². The van der Waals surface area contributed by atoms with Crippen LogP contribution < -0.4 is 11.3 Å². The molecule has 0 aliphatic carbocycles. The van der Waals surface area contributed by atoms with Crippen molar-refractivity contribution in [2.45, 2.75) is 19.4 Å². The Hall–Kier alpha value is -2.96. The van der Waals surface area contributed by atoms with Crippen molar-refractivity contribution in [1.82, 2.24) is 4.98 Å². The van der Waals surface area contributed by atoms with Crippen LogP contribution in [0.2, 0.25) is 0 Å². The monoisotopic (exact) mass is 378 g/mol. The van der Waals surface area contributed by atoms with Gasteiger partial charge in [0.15, 0.2) is 0 Å². The van der Waals surface area contributed by atoms with Crippen LogP contribution in [-0.4, -0.2) is 16.1 Å². The zero-order valence-electron chi connectivity index (χ0n) is 14.7. The van der Waals surface area contributed by atoms with Gasteiger partial charge >= 0.3 is 5.97 Å². The molecular weight excluding hydrogens is 360 g/mol. The number of aromatic amines is 1. The predicted molar refractivity (Wildman–Crippen MR) is 109 cm³/mol. The molecule has 0 aliphatic heterocycles. The largest absolute Gasteiger partial charge is 0.481 e. The number of thiophene rings is 1. The Morgan fingerprint density at radius 1 is 1.19 bits per heavy atom. The summed E-state index contributed by atoms with van der Waals surface area (Å²) in [4.78, 5) is 26.7. The molecule has 0 fully saturated rings. The number of carboxylic acid groups (broad SMARTS) is 1. The van der Waals surface area contributed by atoms with Crippen molar-refractivity contribution in [2.75, 3.05) is 0 Å². The molecule has 0 radical (unpaired) electrons. The van der Waals surface area contributed by atoms with Crippen LogP contribution in [0.5, 0.6) is 0 Å². The van der Waals surface area contributed by atoms with Crippen molar-refractivity contribution in [3.8, 4) is 11.1 Å². The van der Waals surface area contributed by atoms with E-state index >= 15 is 0 Å². The summed E-state index contributed by atoms with van der Waals surface area (Å²) in [6, 6.07) is 13.2. The van der Waals surface area contributed by atoms with Gasteiger partial charge in [-0.2, -0.15) is 0 Å². The number of rotatable bonds is 4. The molecule has 4 rings (SSSR count). The second kappa shape index (κ2) is 6.64. The lowest BCUT2D eigenvalue weighted by molar-refractivity contribution is -0.136. The van der Waals surface area contributed by atoms with Gasteiger partial charge in [-0.3, -0.25) is 9.59 Å². The number of aliphatic carboxylic acids is 1. The van der Waals surface area contributed by atoms with Gasteiger partial charge in [0, 0.05) is 22.3 Å². The van der Waals surface area contributed by atoms with E-state index in [1.165, 1.54) is 11.3 Å². The fourth-order valence-corrected chi connectivity index (χ4v) is 4.28. The number of pyridine rings is 1. The second-order valence-electron chi connectivity index (χ2n) is 6.62. The van der Waals surface area contributed by atoms with E-state index in [1.807, 2.05) is 42.6 Å². The van der Waals surface area contributed by atoms with E-state index in [0.717, 1.165) is 27.5 Å². The van der Waals surface area contributed by atoms with Crippen molar-refractivity contribution in [1.29, 1.82) is 0 Å². The minimum Gasteiger partial charge on any atom is -0.481 e. The third-order valence-corrected chi connectivity index (χ3v) is 5.66. The topological polar surface area (TPSA) is 96.2 Å². The zero-order chi connectivity index (χ0) is 19.1. The first-order chi connectivity index (χ1) is 13.0. The molecule has 0 saturated heterocycles. The lowest BCUT2D eigenvalue weighted by atomic mass is 9.91. The Labute approximate surface area is 159 Å². The average Bonchev–Trinajstić information content (AvgIpc) is 3.12. The maximum absolute atomic E-state index is 12.3. The quantitative estimate of drug-likeness (QED) is 0.499. The lowest BCUT2D eigenvalue weighted by Gasteiger charge is -2.14. The number of aromatic nitrogens is 1. The molecule has 6 heteroatoms. The van der Waals surface area contributed by atoms with E-state index in [4.69, 9.17) is 5.73 Å². The summed E-state index contributed by atoms with van der Waals surface area (Å²) in [5.41, 5.74) is 9.98. The first kappa shape index (κ1) is 17.5. The third-order valence-electron chi connectivity index (χ3n) is 4.75. The first-order valence-corrected chi connectivity index (χ1v) is 9.46. The Morgan fingerprint density at radius 2 is 1.93 bits per heavy atom. The van der Waals surface area contributed by atoms with Crippen LogP contribution >= 0.6 is 11.3 Å². The van der Waals surface area contributed by atoms with Crippen molar-refractivity contribution in [2.24, 2.45) is 5.73 Å². The number of carbonyl (C=O) groups is 1. The standard InChI is InChI=1S/C21H18N2O3S/c1-11(22)12-2-4-13(5-3-12)18-14(10-17(24)25)6-7-16-19(18)15-8-9-27-20(15)21(26)23-16/h2-9,11H,10,22H2,1H3,(H,23,26)(H,24,25). The van der Waals surface area contributed by atoms with Crippen LogP contribution in [-0.2, 0) is 11.2 Å². The van der Waals surface area contributed by atoms with E-state index in [-0.39, 0.29) is 18.0 Å².